The van der Waals surface area contributed by atoms with E-state index < -0.39 is 0 Å². The molecule has 2 aromatic heterocycles. The molecule has 0 saturated carbocycles. The minimum atomic E-state index is -0.383. The molecule has 0 fully saturated rings. The van der Waals surface area contributed by atoms with Crippen LogP contribution in [0.5, 0.6) is 0 Å². The number of carbonyl (C=O) groups is 1. The van der Waals surface area contributed by atoms with Gasteiger partial charge in [-0.2, -0.15) is 0 Å². The highest BCUT2D eigenvalue weighted by molar-refractivity contribution is 7.99. The van der Waals surface area contributed by atoms with E-state index in [1.807, 2.05) is 31.2 Å². The van der Waals surface area contributed by atoms with Crippen LogP contribution in [-0.4, -0.2) is 20.9 Å². The first kappa shape index (κ1) is 16.7. The molecule has 126 valence electrons. The fourth-order valence-electron chi connectivity index (χ4n) is 1.96. The summed E-state index contributed by atoms with van der Waals surface area (Å²) < 4.78 is 0. The fraction of sp³-hybridized carbons (Fsp3) is 0.0588. The van der Waals surface area contributed by atoms with E-state index in [1.54, 1.807) is 24.4 Å². The Morgan fingerprint density at radius 2 is 1.88 bits per heavy atom. The van der Waals surface area contributed by atoms with Crippen LogP contribution in [0.25, 0.3) is 0 Å². The van der Waals surface area contributed by atoms with Gasteiger partial charge >= 0.3 is 0 Å². The maximum Gasteiger partial charge on any atom is 0.288 e. The molecule has 8 heteroatoms. The maximum atomic E-state index is 12.0. The first-order valence-corrected chi connectivity index (χ1v) is 8.27. The Labute approximate surface area is 149 Å². The predicted molar refractivity (Wildman–Crippen MR) is 97.1 cm³/mol. The molecule has 2 heterocycles. The van der Waals surface area contributed by atoms with E-state index in [1.165, 1.54) is 23.7 Å². The van der Waals surface area contributed by atoms with E-state index >= 15 is 0 Å². The van der Waals surface area contributed by atoms with Crippen molar-refractivity contribution in [2.75, 3.05) is 11.2 Å². The van der Waals surface area contributed by atoms with Crippen molar-refractivity contribution < 1.29 is 4.79 Å². The number of nitrogen functional groups attached to an aromatic ring is 1. The van der Waals surface area contributed by atoms with E-state index in [9.17, 15) is 4.79 Å². The standard InChI is InChI=1S/C17H16N6OS/c1-11-5-7-12(8-6-11)25-17-14(18)15(20-10-21-17)22-23-16(24)13-4-2-3-9-19-13/h2-10H,18H2,1H3,(H,23,24)(H,20,21,22). The first-order valence-electron chi connectivity index (χ1n) is 7.46. The van der Waals surface area contributed by atoms with Crippen molar-refractivity contribution in [1.29, 1.82) is 0 Å². The van der Waals surface area contributed by atoms with Gasteiger partial charge in [0.15, 0.2) is 5.82 Å². The SMILES string of the molecule is Cc1ccc(Sc2ncnc(NNC(=O)c3ccccn3)c2N)cc1. The van der Waals surface area contributed by atoms with Gasteiger partial charge in [-0.3, -0.25) is 20.6 Å². The molecule has 0 spiro atoms. The molecule has 3 rings (SSSR count). The lowest BCUT2D eigenvalue weighted by atomic mass is 10.2. The molecule has 7 nitrogen and oxygen atoms in total. The van der Waals surface area contributed by atoms with E-state index in [-0.39, 0.29) is 11.6 Å². The smallest absolute Gasteiger partial charge is 0.288 e. The number of amides is 1. The highest BCUT2D eigenvalue weighted by Gasteiger charge is 2.11. The number of anilines is 2. The molecule has 0 saturated heterocycles. The quantitative estimate of drug-likeness (QED) is 0.479. The number of nitrogens with one attached hydrogen (secondary N) is 2. The number of rotatable bonds is 5. The van der Waals surface area contributed by atoms with Crippen molar-refractivity contribution in [2.45, 2.75) is 16.8 Å². The lowest BCUT2D eigenvalue weighted by Crippen LogP contribution is -2.31. The number of nitrogens with zero attached hydrogens (tertiary/aromatic N) is 3. The Hall–Kier alpha value is -3.13. The zero-order valence-corrected chi connectivity index (χ0v) is 14.2. The third kappa shape index (κ3) is 4.24. The van der Waals surface area contributed by atoms with Gasteiger partial charge in [-0.1, -0.05) is 35.5 Å². The molecular weight excluding hydrogens is 336 g/mol. The molecule has 4 N–H and O–H groups in total. The highest BCUT2D eigenvalue weighted by Crippen LogP contribution is 2.32. The van der Waals surface area contributed by atoms with Crippen molar-refractivity contribution >= 4 is 29.2 Å². The molecule has 0 atom stereocenters. The Bertz CT molecular complexity index is 870. The van der Waals surface area contributed by atoms with E-state index in [0.717, 1.165) is 4.90 Å². The summed E-state index contributed by atoms with van der Waals surface area (Å²) in [5, 5.41) is 0.605. The number of nitrogens with two attached hydrogens (primary N) is 1. The van der Waals surface area contributed by atoms with Crippen molar-refractivity contribution in [3.63, 3.8) is 0 Å². The summed E-state index contributed by atoms with van der Waals surface area (Å²) in [6, 6.07) is 13.1. The van der Waals surface area contributed by atoms with E-state index in [4.69, 9.17) is 5.73 Å². The van der Waals surface area contributed by atoms with Crippen LogP contribution in [0.15, 0.2) is 64.9 Å². The zero-order valence-electron chi connectivity index (χ0n) is 13.4. The summed E-state index contributed by atoms with van der Waals surface area (Å²) >= 11 is 1.43. The number of carbonyl (C=O) groups excluding carboxylic acids is 1. The van der Waals surface area contributed by atoms with E-state index in [2.05, 4.69) is 25.8 Å². The molecule has 3 aromatic rings. The van der Waals surface area contributed by atoms with Crippen LogP contribution >= 0.6 is 11.8 Å². The summed E-state index contributed by atoms with van der Waals surface area (Å²) in [4.78, 5) is 25.3. The monoisotopic (exact) mass is 352 g/mol. The van der Waals surface area contributed by atoms with Crippen LogP contribution in [0.4, 0.5) is 11.5 Å². The van der Waals surface area contributed by atoms with Crippen LogP contribution in [0.1, 0.15) is 16.1 Å². The average Bonchev–Trinajstić information content (AvgIpc) is 2.64. The summed E-state index contributed by atoms with van der Waals surface area (Å²) in [6.45, 7) is 2.03. The molecule has 25 heavy (non-hydrogen) atoms. The minimum Gasteiger partial charge on any atom is -0.393 e. The largest absolute Gasteiger partial charge is 0.393 e. The van der Waals surface area contributed by atoms with Crippen molar-refractivity contribution in [3.8, 4) is 0 Å². The Balaban J connectivity index is 1.70. The summed E-state index contributed by atoms with van der Waals surface area (Å²) in [7, 11) is 0. The number of hydrogen-bond acceptors (Lipinski definition) is 7. The van der Waals surface area contributed by atoms with Crippen molar-refractivity contribution in [2.24, 2.45) is 0 Å². The number of hydrogen-bond donors (Lipinski definition) is 3. The maximum absolute atomic E-state index is 12.0. The third-order valence-corrected chi connectivity index (χ3v) is 4.30. The average molecular weight is 352 g/mol. The van der Waals surface area contributed by atoms with E-state index in [0.29, 0.717) is 16.5 Å². The molecule has 0 aliphatic rings. The van der Waals surface area contributed by atoms with Gasteiger partial charge in [-0.15, -0.1) is 0 Å². The molecule has 0 radical (unpaired) electrons. The Morgan fingerprint density at radius 3 is 2.60 bits per heavy atom. The lowest BCUT2D eigenvalue weighted by molar-refractivity contribution is 0.0957. The fourth-order valence-corrected chi connectivity index (χ4v) is 2.76. The van der Waals surface area contributed by atoms with Gasteiger partial charge in [0.25, 0.3) is 5.91 Å². The molecular formula is C17H16N6OS. The third-order valence-electron chi connectivity index (χ3n) is 3.27. The molecule has 1 aromatic carbocycles. The number of aromatic nitrogens is 3. The molecule has 0 aliphatic carbocycles. The van der Waals surface area contributed by atoms with Crippen LogP contribution in [0, 0.1) is 6.92 Å². The molecule has 0 aliphatic heterocycles. The molecule has 0 unspecified atom stereocenters. The van der Waals surface area contributed by atoms with Gasteiger partial charge in [0, 0.05) is 11.1 Å². The second-order valence-electron chi connectivity index (χ2n) is 5.15. The van der Waals surface area contributed by atoms with Gasteiger partial charge in [-0.25, -0.2) is 9.97 Å². The van der Waals surface area contributed by atoms with Gasteiger partial charge in [0.05, 0.1) is 0 Å². The second-order valence-corrected chi connectivity index (χ2v) is 6.21. The second kappa shape index (κ2) is 7.63. The lowest BCUT2D eigenvalue weighted by Gasteiger charge is -2.11. The highest BCUT2D eigenvalue weighted by atomic mass is 32.2. The number of pyridine rings is 1. The number of aryl methyl sites for hydroxylation is 1. The topological polar surface area (TPSA) is 106 Å². The first-order chi connectivity index (χ1) is 12.1. The van der Waals surface area contributed by atoms with Gasteiger partial charge < -0.3 is 5.73 Å². The van der Waals surface area contributed by atoms with Crippen LogP contribution in [0.2, 0.25) is 0 Å². The van der Waals surface area contributed by atoms with Gasteiger partial charge in [0.1, 0.15) is 22.7 Å². The predicted octanol–water partition coefficient (Wildman–Crippen LogP) is 2.67. The number of benzene rings is 1. The Kier molecular flexibility index (Phi) is 5.10. The number of hydrazine groups is 1. The van der Waals surface area contributed by atoms with Gasteiger partial charge in [-0.05, 0) is 31.2 Å². The molecule has 1 amide bonds. The van der Waals surface area contributed by atoms with Crippen molar-refractivity contribution in [3.05, 3.63) is 66.2 Å². The van der Waals surface area contributed by atoms with Crippen LogP contribution < -0.4 is 16.6 Å². The zero-order chi connectivity index (χ0) is 17.6. The normalized spacial score (nSPS) is 10.3. The summed E-state index contributed by atoms with van der Waals surface area (Å²) in [5.41, 5.74) is 13.2. The van der Waals surface area contributed by atoms with Crippen molar-refractivity contribution in [1.82, 2.24) is 20.4 Å². The van der Waals surface area contributed by atoms with Gasteiger partial charge in [0.2, 0.25) is 0 Å². The van der Waals surface area contributed by atoms with Crippen LogP contribution in [0.3, 0.4) is 0 Å². The molecule has 0 bridgehead atoms. The van der Waals surface area contributed by atoms with Crippen LogP contribution in [-0.2, 0) is 0 Å². The summed E-state index contributed by atoms with van der Waals surface area (Å²) in [5.74, 6) is -0.0553. The minimum absolute atomic E-state index is 0.289. The Morgan fingerprint density at radius 1 is 1.08 bits per heavy atom. The summed E-state index contributed by atoms with van der Waals surface area (Å²) in [6.07, 6.45) is 2.94.